The lowest BCUT2D eigenvalue weighted by molar-refractivity contribution is -0.148. The van der Waals surface area contributed by atoms with Gasteiger partial charge in [0.1, 0.15) is 6.61 Å². The average Bonchev–Trinajstić information content (AvgIpc) is 2.82. The number of carboxylic acids is 1. The number of rotatable bonds is 8. The zero-order valence-electron chi connectivity index (χ0n) is 10.7. The van der Waals surface area contributed by atoms with Gasteiger partial charge in [-0.15, -0.1) is 0 Å². The van der Waals surface area contributed by atoms with Crippen LogP contribution in [0.25, 0.3) is 0 Å². The summed E-state index contributed by atoms with van der Waals surface area (Å²) in [6, 6.07) is 0. The van der Waals surface area contributed by atoms with Crippen molar-refractivity contribution in [3.8, 4) is 0 Å². The molecule has 0 aromatic heterocycles. The maximum absolute atomic E-state index is 11.8. The summed E-state index contributed by atoms with van der Waals surface area (Å²) in [6.45, 7) is -0.682. The van der Waals surface area contributed by atoms with Crippen molar-refractivity contribution in [1.82, 2.24) is 5.32 Å². The minimum atomic E-state index is -2.54. The average molecular weight is 279 g/mol. The molecule has 1 fully saturated rings. The standard InChI is InChI=1S/C12H19F2NO4/c13-9(14)7-19-6-3-10(16)15-8-12(11(17)18)4-1-2-5-12/h9H,1-8H2,(H,15,16)(H,17,18). The number of alkyl halides is 2. The van der Waals surface area contributed by atoms with Gasteiger partial charge in [0.25, 0.3) is 6.43 Å². The van der Waals surface area contributed by atoms with Gasteiger partial charge in [-0.1, -0.05) is 12.8 Å². The van der Waals surface area contributed by atoms with Crippen LogP contribution < -0.4 is 5.32 Å². The molecular weight excluding hydrogens is 260 g/mol. The van der Waals surface area contributed by atoms with Gasteiger partial charge in [0, 0.05) is 13.0 Å². The summed E-state index contributed by atoms with van der Waals surface area (Å²) < 4.78 is 28.1. The summed E-state index contributed by atoms with van der Waals surface area (Å²) in [7, 11) is 0. The number of carboxylic acid groups (broad SMARTS) is 1. The van der Waals surface area contributed by atoms with Gasteiger partial charge in [-0.25, -0.2) is 8.78 Å². The molecule has 0 unspecified atom stereocenters. The zero-order valence-corrected chi connectivity index (χ0v) is 10.7. The summed E-state index contributed by atoms with van der Waals surface area (Å²) in [5.41, 5.74) is -0.862. The molecule has 0 aromatic carbocycles. The first kappa shape index (κ1) is 15.8. The Morgan fingerprint density at radius 3 is 2.47 bits per heavy atom. The van der Waals surface area contributed by atoms with Crippen molar-refractivity contribution in [3.05, 3.63) is 0 Å². The van der Waals surface area contributed by atoms with Gasteiger partial charge < -0.3 is 15.2 Å². The molecule has 5 nitrogen and oxygen atoms in total. The largest absolute Gasteiger partial charge is 0.481 e. The molecule has 1 aliphatic carbocycles. The van der Waals surface area contributed by atoms with Crippen molar-refractivity contribution >= 4 is 11.9 Å². The molecule has 0 spiro atoms. The highest BCUT2D eigenvalue weighted by molar-refractivity contribution is 5.79. The number of halogens is 2. The van der Waals surface area contributed by atoms with Gasteiger partial charge in [0.2, 0.25) is 5.91 Å². The van der Waals surface area contributed by atoms with E-state index in [2.05, 4.69) is 10.1 Å². The Balaban J connectivity index is 2.23. The molecule has 19 heavy (non-hydrogen) atoms. The van der Waals surface area contributed by atoms with Crippen molar-refractivity contribution in [2.24, 2.45) is 5.41 Å². The van der Waals surface area contributed by atoms with E-state index in [1.807, 2.05) is 0 Å². The number of carbonyl (C=O) groups is 2. The third kappa shape index (κ3) is 5.10. The topological polar surface area (TPSA) is 75.6 Å². The predicted molar refractivity (Wildman–Crippen MR) is 63.0 cm³/mol. The third-order valence-electron chi connectivity index (χ3n) is 3.36. The van der Waals surface area contributed by atoms with E-state index in [4.69, 9.17) is 0 Å². The van der Waals surface area contributed by atoms with E-state index in [1.54, 1.807) is 0 Å². The van der Waals surface area contributed by atoms with Gasteiger partial charge in [0.15, 0.2) is 0 Å². The van der Waals surface area contributed by atoms with Crippen molar-refractivity contribution in [3.63, 3.8) is 0 Å². The van der Waals surface area contributed by atoms with Crippen molar-refractivity contribution in [2.75, 3.05) is 19.8 Å². The fraction of sp³-hybridized carbons (Fsp3) is 0.833. The monoisotopic (exact) mass is 279 g/mol. The van der Waals surface area contributed by atoms with Crippen LogP contribution in [-0.4, -0.2) is 43.2 Å². The van der Waals surface area contributed by atoms with E-state index in [0.29, 0.717) is 12.8 Å². The van der Waals surface area contributed by atoms with Crippen LogP contribution in [-0.2, 0) is 14.3 Å². The Bertz CT molecular complexity index is 317. The van der Waals surface area contributed by atoms with Crippen LogP contribution in [0.4, 0.5) is 8.78 Å². The summed E-state index contributed by atoms with van der Waals surface area (Å²) in [5.74, 6) is -1.26. The molecule has 1 amide bonds. The van der Waals surface area contributed by atoms with Crippen molar-refractivity contribution in [2.45, 2.75) is 38.5 Å². The number of aliphatic carboxylic acids is 1. The van der Waals surface area contributed by atoms with E-state index in [1.165, 1.54) is 0 Å². The Labute approximate surface area is 110 Å². The number of amides is 1. The van der Waals surface area contributed by atoms with Gasteiger partial charge >= 0.3 is 5.97 Å². The van der Waals surface area contributed by atoms with Crippen LogP contribution in [0.3, 0.4) is 0 Å². The first-order valence-electron chi connectivity index (χ1n) is 6.32. The number of hydrogen-bond acceptors (Lipinski definition) is 3. The van der Waals surface area contributed by atoms with Gasteiger partial charge in [0.05, 0.1) is 12.0 Å². The zero-order chi connectivity index (χ0) is 14.3. The van der Waals surface area contributed by atoms with E-state index >= 15 is 0 Å². The van der Waals surface area contributed by atoms with Crippen molar-refractivity contribution < 1.29 is 28.2 Å². The molecule has 0 aliphatic heterocycles. The smallest absolute Gasteiger partial charge is 0.311 e. The molecule has 7 heteroatoms. The SMILES string of the molecule is O=C(CCOCC(F)F)NCC1(C(=O)O)CCCC1. The molecule has 0 atom stereocenters. The lowest BCUT2D eigenvalue weighted by Gasteiger charge is -2.23. The molecule has 0 heterocycles. The molecule has 0 radical (unpaired) electrons. The van der Waals surface area contributed by atoms with Gasteiger partial charge in [-0.05, 0) is 12.8 Å². The maximum atomic E-state index is 11.8. The normalized spacial score (nSPS) is 17.6. The molecule has 1 saturated carbocycles. The quantitative estimate of drug-likeness (QED) is 0.659. The summed E-state index contributed by atoms with van der Waals surface area (Å²) in [5, 5.41) is 11.7. The number of carbonyl (C=O) groups excluding carboxylic acids is 1. The van der Waals surface area contributed by atoms with Crippen LogP contribution in [0, 0.1) is 5.41 Å². The fourth-order valence-electron chi connectivity index (χ4n) is 2.21. The Morgan fingerprint density at radius 2 is 1.95 bits per heavy atom. The van der Waals surface area contributed by atoms with Crippen LogP contribution >= 0.6 is 0 Å². The van der Waals surface area contributed by atoms with Crippen LogP contribution in [0.15, 0.2) is 0 Å². The Morgan fingerprint density at radius 1 is 1.32 bits per heavy atom. The molecule has 0 saturated heterocycles. The van der Waals surface area contributed by atoms with E-state index in [9.17, 15) is 23.5 Å². The second-order valence-corrected chi connectivity index (χ2v) is 4.79. The predicted octanol–water partition coefficient (Wildman–Crippen LogP) is 1.42. The Hall–Kier alpha value is -1.24. The number of ether oxygens (including phenoxy) is 1. The highest BCUT2D eigenvalue weighted by Crippen LogP contribution is 2.37. The van der Waals surface area contributed by atoms with E-state index < -0.39 is 24.4 Å². The second-order valence-electron chi connectivity index (χ2n) is 4.79. The molecule has 2 N–H and O–H groups in total. The van der Waals surface area contributed by atoms with Gasteiger partial charge in [-0.3, -0.25) is 9.59 Å². The molecule has 1 rings (SSSR count). The minimum Gasteiger partial charge on any atom is -0.481 e. The first-order valence-corrected chi connectivity index (χ1v) is 6.32. The van der Waals surface area contributed by atoms with Crippen LogP contribution in [0.2, 0.25) is 0 Å². The summed E-state index contributed by atoms with van der Waals surface area (Å²) in [4.78, 5) is 22.6. The minimum absolute atomic E-state index is 0.0393. The molecule has 110 valence electrons. The van der Waals surface area contributed by atoms with Crippen molar-refractivity contribution in [1.29, 1.82) is 0 Å². The maximum Gasteiger partial charge on any atom is 0.311 e. The Kier molecular flexibility index (Phi) is 6.14. The highest BCUT2D eigenvalue weighted by Gasteiger charge is 2.41. The van der Waals surface area contributed by atoms with Crippen LogP contribution in [0.1, 0.15) is 32.1 Å². The highest BCUT2D eigenvalue weighted by atomic mass is 19.3. The molecule has 1 aliphatic rings. The van der Waals surface area contributed by atoms with Gasteiger partial charge in [-0.2, -0.15) is 0 Å². The second kappa shape index (κ2) is 7.37. The fourth-order valence-corrected chi connectivity index (χ4v) is 2.21. The van der Waals surface area contributed by atoms with E-state index in [-0.39, 0.29) is 25.5 Å². The molecule has 0 aromatic rings. The summed E-state index contributed by atoms with van der Waals surface area (Å²) >= 11 is 0. The van der Waals surface area contributed by atoms with Crippen LogP contribution in [0.5, 0.6) is 0 Å². The van der Waals surface area contributed by atoms with E-state index in [0.717, 1.165) is 12.8 Å². The summed E-state index contributed by atoms with van der Waals surface area (Å²) in [6.07, 6.45) is 0.230. The molecule has 0 bridgehead atoms. The lowest BCUT2D eigenvalue weighted by Crippen LogP contribution is -2.41. The third-order valence-corrected chi connectivity index (χ3v) is 3.36. The number of nitrogens with one attached hydrogen (secondary N) is 1. The number of hydrogen-bond donors (Lipinski definition) is 2. The first-order chi connectivity index (χ1) is 8.96. The lowest BCUT2D eigenvalue weighted by atomic mass is 9.86. The molecular formula is C12H19F2NO4.